The summed E-state index contributed by atoms with van der Waals surface area (Å²) in [5.41, 5.74) is 3.20. The molecule has 0 amide bonds. The monoisotopic (exact) mass is 234 g/mol. The molecule has 0 saturated carbocycles. The second kappa shape index (κ2) is 5.57. The molecule has 0 aliphatic heterocycles. The van der Waals surface area contributed by atoms with Gasteiger partial charge < -0.3 is 5.11 Å². The van der Waals surface area contributed by atoms with Crippen molar-refractivity contribution in [2.45, 2.75) is 53.9 Å². The quantitative estimate of drug-likeness (QED) is 0.754. The van der Waals surface area contributed by atoms with Gasteiger partial charge in [0.25, 0.3) is 0 Å². The highest BCUT2D eigenvalue weighted by molar-refractivity contribution is 5.38. The Balaban J connectivity index is 0.000000686. The molecular weight excluding hydrogens is 208 g/mol. The van der Waals surface area contributed by atoms with Gasteiger partial charge in [-0.1, -0.05) is 40.7 Å². The molecule has 2 rings (SSSR count). The molecule has 1 atom stereocenters. The predicted octanol–water partition coefficient (Wildman–Crippen LogP) is 4.57. The Morgan fingerprint density at radius 3 is 2.29 bits per heavy atom. The highest BCUT2D eigenvalue weighted by atomic mass is 16.3. The van der Waals surface area contributed by atoms with Crippen LogP contribution in [-0.4, -0.2) is 5.11 Å². The van der Waals surface area contributed by atoms with Crippen molar-refractivity contribution in [2.75, 3.05) is 0 Å². The van der Waals surface area contributed by atoms with Crippen molar-refractivity contribution in [1.82, 2.24) is 0 Å². The van der Waals surface area contributed by atoms with Crippen LogP contribution in [0.1, 0.15) is 52.2 Å². The molecule has 1 aliphatic carbocycles. The number of benzene rings is 1. The van der Waals surface area contributed by atoms with Gasteiger partial charge in [-0.25, -0.2) is 0 Å². The number of hydrogen-bond acceptors (Lipinski definition) is 1. The van der Waals surface area contributed by atoms with Gasteiger partial charge in [-0.15, -0.1) is 0 Å². The summed E-state index contributed by atoms with van der Waals surface area (Å²) in [6.45, 7) is 10.9. The van der Waals surface area contributed by atoms with Crippen LogP contribution >= 0.6 is 0 Å². The number of fused-ring (bicyclic) bond motifs is 1. The van der Waals surface area contributed by atoms with E-state index in [1.165, 1.54) is 24.0 Å². The fourth-order valence-electron chi connectivity index (χ4n) is 2.71. The molecule has 1 aliphatic rings. The van der Waals surface area contributed by atoms with E-state index in [2.05, 4.69) is 26.8 Å². The lowest BCUT2D eigenvalue weighted by Gasteiger charge is -2.22. The fourth-order valence-corrected chi connectivity index (χ4v) is 2.71. The molecule has 96 valence electrons. The summed E-state index contributed by atoms with van der Waals surface area (Å²) >= 11 is 0. The largest absolute Gasteiger partial charge is 0.508 e. The van der Waals surface area contributed by atoms with Gasteiger partial charge in [-0.05, 0) is 53.9 Å². The van der Waals surface area contributed by atoms with Gasteiger partial charge in [-0.3, -0.25) is 0 Å². The lowest BCUT2D eigenvalue weighted by Crippen LogP contribution is -2.13. The van der Waals surface area contributed by atoms with Crippen molar-refractivity contribution in [1.29, 1.82) is 0 Å². The van der Waals surface area contributed by atoms with Crippen molar-refractivity contribution < 1.29 is 5.11 Å². The van der Waals surface area contributed by atoms with Gasteiger partial charge in [0.2, 0.25) is 0 Å². The highest BCUT2D eigenvalue weighted by Crippen LogP contribution is 2.36. The van der Waals surface area contributed by atoms with E-state index in [1.54, 1.807) is 6.07 Å². The van der Waals surface area contributed by atoms with Crippen molar-refractivity contribution >= 4 is 0 Å². The molecule has 0 aromatic heterocycles. The molecule has 1 aromatic rings. The second-order valence-electron chi connectivity index (χ2n) is 5.99. The summed E-state index contributed by atoms with van der Waals surface area (Å²) in [5, 5.41) is 9.42. The van der Waals surface area contributed by atoms with E-state index in [4.69, 9.17) is 0 Å². The molecule has 0 spiro atoms. The van der Waals surface area contributed by atoms with E-state index in [9.17, 15) is 5.11 Å². The van der Waals surface area contributed by atoms with Crippen LogP contribution in [0.3, 0.4) is 0 Å². The van der Waals surface area contributed by atoms with Crippen LogP contribution in [0.15, 0.2) is 18.2 Å². The minimum absolute atomic E-state index is 0.408. The Morgan fingerprint density at radius 1 is 1.12 bits per heavy atom. The number of hydrogen-bond donors (Lipinski definition) is 1. The summed E-state index contributed by atoms with van der Waals surface area (Å²) in [5.74, 6) is 1.17. The summed E-state index contributed by atoms with van der Waals surface area (Å²) < 4.78 is 0. The van der Waals surface area contributed by atoms with Gasteiger partial charge in [0.1, 0.15) is 5.75 Å². The van der Waals surface area contributed by atoms with E-state index in [1.807, 2.05) is 19.9 Å². The van der Waals surface area contributed by atoms with Crippen LogP contribution in [0.2, 0.25) is 0 Å². The van der Waals surface area contributed by atoms with Gasteiger partial charge >= 0.3 is 0 Å². The van der Waals surface area contributed by atoms with E-state index in [0.29, 0.717) is 11.2 Å². The molecule has 0 bridgehead atoms. The summed E-state index contributed by atoms with van der Waals surface area (Å²) in [6, 6.07) is 5.81. The molecule has 1 N–H and O–H groups in total. The second-order valence-corrected chi connectivity index (χ2v) is 5.99. The maximum atomic E-state index is 9.42. The molecule has 0 radical (unpaired) electrons. The first kappa shape index (κ1) is 14.1. The van der Waals surface area contributed by atoms with Crippen molar-refractivity contribution in [3.8, 4) is 5.75 Å². The first-order valence-electron chi connectivity index (χ1n) is 6.75. The van der Waals surface area contributed by atoms with Gasteiger partial charge in [0.15, 0.2) is 0 Å². The Kier molecular flexibility index (Phi) is 4.62. The molecule has 1 unspecified atom stereocenters. The summed E-state index contributed by atoms with van der Waals surface area (Å²) in [4.78, 5) is 0. The SMILES string of the molecule is CC.CC(C)(C)CC1Cc2ccc(O)cc2C1. The van der Waals surface area contributed by atoms with E-state index in [-0.39, 0.29) is 0 Å². The van der Waals surface area contributed by atoms with Crippen LogP contribution < -0.4 is 0 Å². The Labute approximate surface area is 106 Å². The zero-order valence-corrected chi connectivity index (χ0v) is 11.9. The zero-order chi connectivity index (χ0) is 13.1. The molecule has 17 heavy (non-hydrogen) atoms. The topological polar surface area (TPSA) is 20.2 Å². The normalized spacial score (nSPS) is 18.3. The van der Waals surface area contributed by atoms with Crippen LogP contribution in [0.5, 0.6) is 5.75 Å². The number of phenolic OH excluding ortho intramolecular Hbond substituents is 1. The van der Waals surface area contributed by atoms with Crippen LogP contribution in [0.25, 0.3) is 0 Å². The number of aromatic hydroxyl groups is 1. The maximum Gasteiger partial charge on any atom is 0.115 e. The molecule has 0 fully saturated rings. The van der Waals surface area contributed by atoms with Crippen molar-refractivity contribution in [3.05, 3.63) is 29.3 Å². The van der Waals surface area contributed by atoms with Crippen molar-refractivity contribution in [2.24, 2.45) is 11.3 Å². The lowest BCUT2D eigenvalue weighted by atomic mass is 9.83. The molecule has 1 nitrogen and oxygen atoms in total. The molecule has 1 heteroatoms. The smallest absolute Gasteiger partial charge is 0.115 e. The molecule has 1 aromatic carbocycles. The minimum Gasteiger partial charge on any atom is -0.508 e. The van der Waals surface area contributed by atoms with E-state index < -0.39 is 0 Å². The Morgan fingerprint density at radius 2 is 1.71 bits per heavy atom. The molecule has 0 heterocycles. The lowest BCUT2D eigenvalue weighted by molar-refractivity contribution is 0.300. The third kappa shape index (κ3) is 4.07. The minimum atomic E-state index is 0.408. The average molecular weight is 234 g/mol. The van der Waals surface area contributed by atoms with Gasteiger partial charge in [0.05, 0.1) is 0 Å². The summed E-state index contributed by atoms with van der Waals surface area (Å²) in [6.07, 6.45) is 3.59. The Bertz CT molecular complexity index is 360. The third-order valence-electron chi connectivity index (χ3n) is 3.11. The zero-order valence-electron chi connectivity index (χ0n) is 11.9. The number of rotatable bonds is 1. The average Bonchev–Trinajstić information content (AvgIpc) is 2.59. The van der Waals surface area contributed by atoms with Gasteiger partial charge in [0, 0.05) is 0 Å². The van der Waals surface area contributed by atoms with Crippen LogP contribution in [-0.2, 0) is 12.8 Å². The molecular formula is C16H26O. The van der Waals surface area contributed by atoms with Crippen molar-refractivity contribution in [3.63, 3.8) is 0 Å². The maximum absolute atomic E-state index is 9.42. The Hall–Kier alpha value is -0.980. The van der Waals surface area contributed by atoms with Gasteiger partial charge in [-0.2, -0.15) is 0 Å². The van der Waals surface area contributed by atoms with Crippen LogP contribution in [0.4, 0.5) is 0 Å². The predicted molar refractivity (Wildman–Crippen MR) is 74.4 cm³/mol. The third-order valence-corrected chi connectivity index (χ3v) is 3.11. The first-order chi connectivity index (χ1) is 7.94. The van der Waals surface area contributed by atoms with E-state index in [0.717, 1.165) is 12.3 Å². The highest BCUT2D eigenvalue weighted by Gasteiger charge is 2.25. The first-order valence-corrected chi connectivity index (χ1v) is 6.75. The summed E-state index contributed by atoms with van der Waals surface area (Å²) in [7, 11) is 0. The van der Waals surface area contributed by atoms with Crippen LogP contribution in [0, 0.1) is 11.3 Å². The number of phenols is 1. The standard InChI is InChI=1S/C14H20O.C2H6/c1-14(2,3)9-10-6-11-4-5-13(15)8-12(11)7-10;1-2/h4-5,8,10,15H,6-7,9H2,1-3H3;1-2H3. The van der Waals surface area contributed by atoms with E-state index >= 15 is 0 Å². The molecule has 0 saturated heterocycles. The fraction of sp³-hybridized carbons (Fsp3) is 0.625.